The monoisotopic (exact) mass is 455 g/mol. The lowest BCUT2D eigenvalue weighted by molar-refractivity contribution is -0.117. The Morgan fingerprint density at radius 2 is 1.73 bits per heavy atom. The number of anilines is 2. The number of nitrogens with zero attached hydrogens (tertiary/aromatic N) is 1. The molecular weight excluding hydrogens is 430 g/mol. The third-order valence-corrected chi connectivity index (χ3v) is 7.13. The highest BCUT2D eigenvalue weighted by molar-refractivity contribution is 7.22. The molecule has 5 nitrogen and oxygen atoms in total. The largest absolute Gasteiger partial charge is 0.322 e. The van der Waals surface area contributed by atoms with Crippen LogP contribution in [0.5, 0.6) is 0 Å². The van der Waals surface area contributed by atoms with Crippen LogP contribution in [0.25, 0.3) is 10.2 Å². The number of carbonyl (C=O) groups is 2. The zero-order valence-corrected chi connectivity index (χ0v) is 19.4. The number of hydrogen-bond acceptors (Lipinski definition) is 4. The van der Waals surface area contributed by atoms with E-state index in [1.165, 1.54) is 16.9 Å². The van der Waals surface area contributed by atoms with Crippen LogP contribution < -0.4 is 10.6 Å². The van der Waals surface area contributed by atoms with Crippen molar-refractivity contribution in [2.45, 2.75) is 26.7 Å². The molecule has 2 unspecified atom stereocenters. The molecule has 1 saturated carbocycles. The Morgan fingerprint density at radius 3 is 2.48 bits per heavy atom. The van der Waals surface area contributed by atoms with Gasteiger partial charge in [0.05, 0.1) is 10.2 Å². The molecule has 1 fully saturated rings. The van der Waals surface area contributed by atoms with E-state index in [-0.39, 0.29) is 17.7 Å². The first-order chi connectivity index (χ1) is 16.0. The number of thiazole rings is 1. The Labute approximate surface area is 196 Å². The van der Waals surface area contributed by atoms with Gasteiger partial charge in [0.15, 0.2) is 5.13 Å². The average Bonchev–Trinajstić information content (AvgIpc) is 3.45. The van der Waals surface area contributed by atoms with Crippen molar-refractivity contribution >= 4 is 44.2 Å². The Balaban J connectivity index is 1.25. The summed E-state index contributed by atoms with van der Waals surface area (Å²) in [4.78, 5) is 30.1. The molecule has 4 aromatic rings. The first-order valence-electron chi connectivity index (χ1n) is 11.1. The van der Waals surface area contributed by atoms with E-state index in [1.807, 2.05) is 62.4 Å². The smallest absolute Gasteiger partial charge is 0.255 e. The third-order valence-electron chi connectivity index (χ3n) is 6.20. The molecule has 1 aliphatic rings. The quantitative estimate of drug-likeness (QED) is 0.376. The molecule has 0 bridgehead atoms. The van der Waals surface area contributed by atoms with Crippen molar-refractivity contribution in [3.8, 4) is 0 Å². The van der Waals surface area contributed by atoms with Gasteiger partial charge in [-0.25, -0.2) is 4.98 Å². The van der Waals surface area contributed by atoms with Crippen LogP contribution in [0.2, 0.25) is 0 Å². The van der Waals surface area contributed by atoms with E-state index < -0.39 is 0 Å². The van der Waals surface area contributed by atoms with Gasteiger partial charge in [-0.15, -0.1) is 0 Å². The van der Waals surface area contributed by atoms with E-state index in [0.717, 1.165) is 39.9 Å². The summed E-state index contributed by atoms with van der Waals surface area (Å²) in [6.45, 7) is 3.96. The molecule has 6 heteroatoms. The molecule has 5 rings (SSSR count). The van der Waals surface area contributed by atoms with Crippen molar-refractivity contribution < 1.29 is 9.59 Å². The van der Waals surface area contributed by atoms with Gasteiger partial charge in [-0.1, -0.05) is 59.9 Å². The fourth-order valence-electron chi connectivity index (χ4n) is 4.23. The third kappa shape index (κ3) is 4.66. The van der Waals surface area contributed by atoms with Crippen LogP contribution >= 0.6 is 11.3 Å². The molecule has 166 valence electrons. The normalized spacial score (nSPS) is 17.0. The van der Waals surface area contributed by atoms with Crippen LogP contribution in [0, 0.1) is 25.7 Å². The summed E-state index contributed by atoms with van der Waals surface area (Å²) in [5.74, 6) is 0.302. The lowest BCUT2D eigenvalue weighted by Gasteiger charge is -2.11. The minimum absolute atomic E-state index is 0.0305. The number of hydrogen-bond donors (Lipinski definition) is 2. The molecule has 0 saturated heterocycles. The summed E-state index contributed by atoms with van der Waals surface area (Å²) in [5.41, 5.74) is 5.50. The van der Waals surface area contributed by atoms with Gasteiger partial charge in [0, 0.05) is 17.2 Å². The molecule has 2 amide bonds. The molecule has 1 aliphatic carbocycles. The van der Waals surface area contributed by atoms with E-state index in [2.05, 4.69) is 27.8 Å². The van der Waals surface area contributed by atoms with E-state index in [4.69, 9.17) is 0 Å². The second-order valence-electron chi connectivity index (χ2n) is 8.70. The molecule has 1 heterocycles. The molecule has 3 aromatic carbocycles. The number of fused-ring (bicyclic) bond motifs is 1. The van der Waals surface area contributed by atoms with Crippen LogP contribution in [0.4, 0.5) is 10.8 Å². The number of nitrogens with one attached hydrogen (secondary N) is 2. The number of aromatic nitrogens is 1. The molecule has 0 spiro atoms. The SMILES string of the molecule is Cc1cccc(C)c1NC(=O)c1ccc2nc(NC(=O)C3CC3Cc3ccccc3)sc2c1. The topological polar surface area (TPSA) is 71.1 Å². The van der Waals surface area contributed by atoms with Gasteiger partial charge < -0.3 is 10.6 Å². The van der Waals surface area contributed by atoms with Crippen LogP contribution in [-0.2, 0) is 11.2 Å². The van der Waals surface area contributed by atoms with Gasteiger partial charge in [-0.05, 0) is 67.5 Å². The summed E-state index contributed by atoms with van der Waals surface area (Å²) >= 11 is 1.40. The summed E-state index contributed by atoms with van der Waals surface area (Å²) < 4.78 is 0.871. The predicted molar refractivity (Wildman–Crippen MR) is 134 cm³/mol. The number of aryl methyl sites for hydroxylation is 2. The second kappa shape index (κ2) is 8.79. The van der Waals surface area contributed by atoms with Crippen molar-refractivity contribution in [3.05, 3.63) is 89.0 Å². The molecule has 33 heavy (non-hydrogen) atoms. The summed E-state index contributed by atoms with van der Waals surface area (Å²) in [5, 5.41) is 6.58. The fourth-order valence-corrected chi connectivity index (χ4v) is 5.13. The summed E-state index contributed by atoms with van der Waals surface area (Å²) in [7, 11) is 0. The minimum Gasteiger partial charge on any atom is -0.322 e. The lowest BCUT2D eigenvalue weighted by Crippen LogP contribution is -2.15. The van der Waals surface area contributed by atoms with Crippen LogP contribution in [0.1, 0.15) is 33.5 Å². The Kier molecular flexibility index (Phi) is 5.68. The number of rotatable bonds is 6. The summed E-state index contributed by atoms with van der Waals surface area (Å²) in [6, 6.07) is 21.7. The number of amides is 2. The van der Waals surface area contributed by atoms with Gasteiger partial charge in [-0.3, -0.25) is 9.59 Å². The molecular formula is C27H25N3O2S. The zero-order chi connectivity index (χ0) is 22.9. The van der Waals surface area contributed by atoms with Gasteiger partial charge in [-0.2, -0.15) is 0 Å². The van der Waals surface area contributed by atoms with Crippen molar-refractivity contribution in [3.63, 3.8) is 0 Å². The van der Waals surface area contributed by atoms with Crippen molar-refractivity contribution in [1.82, 2.24) is 4.98 Å². The predicted octanol–water partition coefficient (Wildman–Crippen LogP) is 5.98. The Morgan fingerprint density at radius 1 is 0.970 bits per heavy atom. The van der Waals surface area contributed by atoms with Crippen molar-refractivity contribution in [1.29, 1.82) is 0 Å². The maximum atomic E-state index is 12.8. The van der Waals surface area contributed by atoms with Crippen LogP contribution in [-0.4, -0.2) is 16.8 Å². The van der Waals surface area contributed by atoms with Crippen molar-refractivity contribution in [2.24, 2.45) is 11.8 Å². The zero-order valence-electron chi connectivity index (χ0n) is 18.6. The van der Waals surface area contributed by atoms with E-state index >= 15 is 0 Å². The maximum absolute atomic E-state index is 12.8. The molecule has 1 aromatic heterocycles. The standard InChI is InChI=1S/C27H25N3O2S/c1-16-7-6-8-17(2)24(16)29-25(31)19-11-12-22-23(15-19)33-27(28-22)30-26(32)21-14-20(21)13-18-9-4-3-5-10-18/h3-12,15,20-21H,13-14H2,1-2H3,(H,29,31)(H,28,30,32). The first-order valence-corrected chi connectivity index (χ1v) is 11.9. The number of para-hydroxylation sites is 1. The molecule has 0 aliphatic heterocycles. The first kappa shape index (κ1) is 21.3. The van der Waals surface area contributed by atoms with Gasteiger partial charge in [0.2, 0.25) is 5.91 Å². The average molecular weight is 456 g/mol. The number of carbonyl (C=O) groups excluding carboxylic acids is 2. The molecule has 2 N–H and O–H groups in total. The minimum atomic E-state index is -0.157. The second-order valence-corrected chi connectivity index (χ2v) is 9.73. The van der Waals surface area contributed by atoms with Gasteiger partial charge in [0.25, 0.3) is 5.91 Å². The summed E-state index contributed by atoms with van der Waals surface area (Å²) in [6.07, 6.45) is 1.84. The van der Waals surface area contributed by atoms with Gasteiger partial charge in [0.1, 0.15) is 0 Å². The van der Waals surface area contributed by atoms with E-state index in [9.17, 15) is 9.59 Å². The van der Waals surface area contributed by atoms with Crippen LogP contribution in [0.3, 0.4) is 0 Å². The van der Waals surface area contributed by atoms with E-state index in [0.29, 0.717) is 16.6 Å². The highest BCUT2D eigenvalue weighted by Gasteiger charge is 2.42. The lowest BCUT2D eigenvalue weighted by atomic mass is 10.1. The van der Waals surface area contributed by atoms with Gasteiger partial charge >= 0.3 is 0 Å². The highest BCUT2D eigenvalue weighted by atomic mass is 32.1. The fraction of sp³-hybridized carbons (Fsp3) is 0.222. The van der Waals surface area contributed by atoms with Crippen molar-refractivity contribution in [2.75, 3.05) is 10.6 Å². The van der Waals surface area contributed by atoms with E-state index in [1.54, 1.807) is 6.07 Å². The Hall–Kier alpha value is -3.51. The molecule has 2 atom stereocenters. The van der Waals surface area contributed by atoms with Crippen LogP contribution in [0.15, 0.2) is 66.7 Å². The maximum Gasteiger partial charge on any atom is 0.255 e. The number of benzene rings is 3. The molecule has 0 radical (unpaired) electrons. The highest BCUT2D eigenvalue weighted by Crippen LogP contribution is 2.42. The Bertz CT molecular complexity index is 1330.